The van der Waals surface area contributed by atoms with E-state index in [0.29, 0.717) is 18.1 Å². The van der Waals surface area contributed by atoms with Gasteiger partial charge in [0.25, 0.3) is 0 Å². The molecule has 84 valence electrons. The first-order chi connectivity index (χ1) is 7.72. The van der Waals surface area contributed by atoms with Gasteiger partial charge in [0.2, 0.25) is 0 Å². The number of rotatable bonds is 3. The van der Waals surface area contributed by atoms with Gasteiger partial charge in [-0.3, -0.25) is 4.68 Å². The number of benzene rings is 1. The average molecular weight is 216 g/mol. The quantitative estimate of drug-likeness (QED) is 0.819. The smallest absolute Gasteiger partial charge is 0.169 e. The third kappa shape index (κ3) is 1.86. The van der Waals surface area contributed by atoms with E-state index in [4.69, 9.17) is 11.5 Å². The van der Waals surface area contributed by atoms with Gasteiger partial charge in [-0.2, -0.15) is 5.10 Å². The summed E-state index contributed by atoms with van der Waals surface area (Å²) in [6.45, 7) is 2.76. The molecule has 0 fully saturated rings. The number of nitrogens with zero attached hydrogens (tertiary/aromatic N) is 2. The maximum Gasteiger partial charge on any atom is 0.169 e. The first-order valence-electron chi connectivity index (χ1n) is 5.37. The predicted octanol–water partition coefficient (Wildman–Crippen LogP) is 1.66. The van der Waals surface area contributed by atoms with Crippen molar-refractivity contribution in [2.45, 2.75) is 19.9 Å². The van der Waals surface area contributed by atoms with E-state index in [1.807, 2.05) is 29.8 Å². The summed E-state index contributed by atoms with van der Waals surface area (Å²) in [5.41, 5.74) is 14.4. The van der Waals surface area contributed by atoms with Gasteiger partial charge in [0, 0.05) is 0 Å². The van der Waals surface area contributed by atoms with Crippen molar-refractivity contribution in [3.63, 3.8) is 0 Å². The number of hydrogen-bond acceptors (Lipinski definition) is 3. The van der Waals surface area contributed by atoms with E-state index in [1.54, 1.807) is 0 Å². The van der Waals surface area contributed by atoms with Gasteiger partial charge in [0.1, 0.15) is 0 Å². The molecule has 0 bridgehead atoms. The molecular weight excluding hydrogens is 200 g/mol. The zero-order valence-electron chi connectivity index (χ0n) is 9.35. The maximum absolute atomic E-state index is 5.86. The molecule has 1 aromatic heterocycles. The molecule has 0 saturated heterocycles. The Bertz CT molecular complexity index is 473. The van der Waals surface area contributed by atoms with Gasteiger partial charge in [-0.25, -0.2) is 0 Å². The Hall–Kier alpha value is -1.97. The fraction of sp³-hybridized carbons (Fsp3) is 0.250. The van der Waals surface area contributed by atoms with Gasteiger partial charge in [-0.15, -0.1) is 0 Å². The predicted molar refractivity (Wildman–Crippen MR) is 66.0 cm³/mol. The second-order valence-electron chi connectivity index (χ2n) is 3.74. The van der Waals surface area contributed by atoms with Crippen molar-refractivity contribution in [1.82, 2.24) is 9.78 Å². The number of anilines is 2. The molecule has 0 amide bonds. The summed E-state index contributed by atoms with van der Waals surface area (Å²) < 4.78 is 1.88. The van der Waals surface area contributed by atoms with E-state index in [1.165, 1.54) is 5.56 Å². The van der Waals surface area contributed by atoms with Crippen LogP contribution in [0.2, 0.25) is 0 Å². The van der Waals surface area contributed by atoms with Gasteiger partial charge >= 0.3 is 0 Å². The minimum absolute atomic E-state index is 0.424. The molecule has 0 aliphatic heterocycles. The maximum atomic E-state index is 5.86. The fourth-order valence-electron chi connectivity index (χ4n) is 1.79. The summed E-state index contributed by atoms with van der Waals surface area (Å²) in [5, 5.41) is 4.25. The molecular formula is C12H16N4. The average Bonchev–Trinajstić information content (AvgIpc) is 2.56. The fourth-order valence-corrected chi connectivity index (χ4v) is 1.79. The van der Waals surface area contributed by atoms with Crippen LogP contribution in [0.5, 0.6) is 0 Å². The van der Waals surface area contributed by atoms with Crippen LogP contribution in [0.25, 0.3) is 0 Å². The van der Waals surface area contributed by atoms with Gasteiger partial charge < -0.3 is 11.5 Å². The number of aromatic nitrogens is 2. The highest BCUT2D eigenvalue weighted by Gasteiger charge is 2.11. The standard InChI is InChI=1S/C12H16N4/c1-2-10-11(13)12(14)15-16(10)8-9-6-4-3-5-7-9/h3-7H,2,8,13H2,1H3,(H2,14,15). The molecule has 0 radical (unpaired) electrons. The Morgan fingerprint density at radius 2 is 1.88 bits per heavy atom. The van der Waals surface area contributed by atoms with Crippen LogP contribution >= 0.6 is 0 Å². The highest BCUT2D eigenvalue weighted by molar-refractivity contribution is 5.61. The number of nitrogen functional groups attached to an aromatic ring is 2. The van der Waals surface area contributed by atoms with Crippen molar-refractivity contribution in [3.05, 3.63) is 41.6 Å². The summed E-state index contributed by atoms with van der Waals surface area (Å²) in [7, 11) is 0. The Morgan fingerprint density at radius 1 is 1.19 bits per heavy atom. The van der Waals surface area contributed by atoms with Gasteiger partial charge in [0.05, 0.1) is 17.9 Å². The molecule has 1 aromatic carbocycles. The van der Waals surface area contributed by atoms with Gasteiger partial charge in [0.15, 0.2) is 5.82 Å². The molecule has 0 atom stereocenters. The summed E-state index contributed by atoms with van der Waals surface area (Å²) >= 11 is 0. The van der Waals surface area contributed by atoms with Gasteiger partial charge in [-0.1, -0.05) is 37.3 Å². The molecule has 0 aliphatic carbocycles. The monoisotopic (exact) mass is 216 g/mol. The molecule has 0 aliphatic rings. The summed E-state index contributed by atoms with van der Waals surface area (Å²) in [6.07, 6.45) is 0.836. The second kappa shape index (κ2) is 4.26. The zero-order valence-corrected chi connectivity index (χ0v) is 9.35. The van der Waals surface area contributed by atoms with Crippen molar-refractivity contribution in [2.75, 3.05) is 11.5 Å². The first-order valence-corrected chi connectivity index (χ1v) is 5.37. The minimum atomic E-state index is 0.424. The topological polar surface area (TPSA) is 69.9 Å². The van der Waals surface area contributed by atoms with Crippen LogP contribution in [0.3, 0.4) is 0 Å². The van der Waals surface area contributed by atoms with Crippen molar-refractivity contribution >= 4 is 11.5 Å². The van der Waals surface area contributed by atoms with E-state index < -0.39 is 0 Å². The summed E-state index contributed by atoms with van der Waals surface area (Å²) in [6, 6.07) is 10.1. The molecule has 0 saturated carbocycles. The van der Waals surface area contributed by atoms with Crippen molar-refractivity contribution < 1.29 is 0 Å². The molecule has 0 unspecified atom stereocenters. The number of hydrogen-bond donors (Lipinski definition) is 2. The Morgan fingerprint density at radius 3 is 2.50 bits per heavy atom. The highest BCUT2D eigenvalue weighted by atomic mass is 15.3. The van der Waals surface area contributed by atoms with Gasteiger partial charge in [-0.05, 0) is 12.0 Å². The zero-order chi connectivity index (χ0) is 11.5. The van der Waals surface area contributed by atoms with E-state index in [2.05, 4.69) is 17.2 Å². The first kappa shape index (κ1) is 10.5. The third-order valence-electron chi connectivity index (χ3n) is 2.64. The second-order valence-corrected chi connectivity index (χ2v) is 3.74. The highest BCUT2D eigenvalue weighted by Crippen LogP contribution is 2.20. The Labute approximate surface area is 94.9 Å². The van der Waals surface area contributed by atoms with Crippen LogP contribution in [-0.2, 0) is 13.0 Å². The van der Waals surface area contributed by atoms with Crippen LogP contribution in [-0.4, -0.2) is 9.78 Å². The van der Waals surface area contributed by atoms with Crippen molar-refractivity contribution in [3.8, 4) is 0 Å². The van der Waals surface area contributed by atoms with E-state index in [9.17, 15) is 0 Å². The summed E-state index contributed by atoms with van der Waals surface area (Å²) in [4.78, 5) is 0. The van der Waals surface area contributed by atoms with Crippen LogP contribution < -0.4 is 11.5 Å². The lowest BCUT2D eigenvalue weighted by atomic mass is 10.2. The molecule has 1 heterocycles. The lowest BCUT2D eigenvalue weighted by molar-refractivity contribution is 0.653. The van der Waals surface area contributed by atoms with Crippen LogP contribution in [0.4, 0.5) is 11.5 Å². The Kier molecular flexibility index (Phi) is 2.81. The van der Waals surface area contributed by atoms with E-state index in [-0.39, 0.29) is 0 Å². The van der Waals surface area contributed by atoms with E-state index >= 15 is 0 Å². The molecule has 2 rings (SSSR count). The molecule has 0 spiro atoms. The molecule has 4 N–H and O–H groups in total. The summed E-state index contributed by atoms with van der Waals surface area (Å²) in [5.74, 6) is 0.424. The van der Waals surface area contributed by atoms with E-state index in [0.717, 1.165) is 12.1 Å². The largest absolute Gasteiger partial charge is 0.394 e. The molecule has 4 nitrogen and oxygen atoms in total. The Balaban J connectivity index is 2.31. The molecule has 2 aromatic rings. The minimum Gasteiger partial charge on any atom is -0.394 e. The van der Waals surface area contributed by atoms with Crippen molar-refractivity contribution in [1.29, 1.82) is 0 Å². The normalized spacial score (nSPS) is 10.6. The lowest BCUT2D eigenvalue weighted by Gasteiger charge is -2.05. The SMILES string of the molecule is CCc1c(N)c(N)nn1Cc1ccccc1. The van der Waals surface area contributed by atoms with Crippen LogP contribution in [0.1, 0.15) is 18.2 Å². The number of nitrogens with two attached hydrogens (primary N) is 2. The van der Waals surface area contributed by atoms with Crippen molar-refractivity contribution in [2.24, 2.45) is 0 Å². The lowest BCUT2D eigenvalue weighted by Crippen LogP contribution is -2.06. The third-order valence-corrected chi connectivity index (χ3v) is 2.64. The molecule has 4 heteroatoms. The molecule has 16 heavy (non-hydrogen) atoms. The van der Waals surface area contributed by atoms with Crippen LogP contribution in [0, 0.1) is 0 Å². The van der Waals surface area contributed by atoms with Crippen LogP contribution in [0.15, 0.2) is 30.3 Å².